The monoisotopic (exact) mass is 296 g/mol. The Morgan fingerprint density at radius 1 is 1.50 bits per heavy atom. The molecule has 3 heterocycles. The number of aryl methyl sites for hydroxylation is 2. The highest BCUT2D eigenvalue weighted by Gasteiger charge is 2.27. The smallest absolute Gasteiger partial charge is 0.159 e. The van der Waals surface area contributed by atoms with E-state index in [2.05, 4.69) is 16.6 Å². The summed E-state index contributed by atoms with van der Waals surface area (Å²) >= 11 is 6.35. The first-order chi connectivity index (χ1) is 9.63. The van der Waals surface area contributed by atoms with Crippen LogP contribution in [0.3, 0.4) is 0 Å². The van der Waals surface area contributed by atoms with Crippen LogP contribution >= 0.6 is 11.6 Å². The Morgan fingerprint density at radius 2 is 2.30 bits per heavy atom. The van der Waals surface area contributed by atoms with Crippen molar-refractivity contribution >= 4 is 22.8 Å². The lowest BCUT2D eigenvalue weighted by Crippen LogP contribution is -2.24. The molecule has 0 spiro atoms. The summed E-state index contributed by atoms with van der Waals surface area (Å²) in [6, 6.07) is 0.310. The van der Waals surface area contributed by atoms with E-state index in [9.17, 15) is 0 Å². The van der Waals surface area contributed by atoms with Gasteiger partial charge in [-0.25, -0.2) is 4.98 Å². The van der Waals surface area contributed by atoms with E-state index in [0.717, 1.165) is 55.2 Å². The molecule has 1 fully saturated rings. The quantitative estimate of drug-likeness (QED) is 0.818. The van der Waals surface area contributed by atoms with E-state index in [-0.39, 0.29) is 5.38 Å². The number of ether oxygens (including phenoxy) is 1. The molecule has 3 rings (SSSR count). The van der Waals surface area contributed by atoms with Crippen LogP contribution in [0.5, 0.6) is 0 Å². The maximum atomic E-state index is 6.35. The molecule has 1 aliphatic rings. The van der Waals surface area contributed by atoms with Gasteiger partial charge in [0.2, 0.25) is 0 Å². The number of aromatic nitrogens is 4. The van der Waals surface area contributed by atoms with Gasteiger partial charge in [0.15, 0.2) is 5.65 Å². The number of hydrogen-bond acceptors (Lipinski definition) is 3. The van der Waals surface area contributed by atoms with Gasteiger partial charge in [0, 0.05) is 13.7 Å². The first-order valence-corrected chi connectivity index (χ1v) is 7.72. The summed E-state index contributed by atoms with van der Waals surface area (Å²) in [5.41, 5.74) is 3.10. The predicted octanol–water partition coefficient (Wildman–Crippen LogP) is 2.98. The van der Waals surface area contributed by atoms with Crippen molar-refractivity contribution in [3.63, 3.8) is 0 Å². The third-order valence-corrected chi connectivity index (χ3v) is 4.15. The lowest BCUT2D eigenvalue weighted by atomic mass is 10.1. The van der Waals surface area contributed by atoms with Crippen molar-refractivity contribution in [1.82, 2.24) is 19.3 Å². The van der Waals surface area contributed by atoms with Gasteiger partial charge >= 0.3 is 0 Å². The number of rotatable bonds is 3. The van der Waals surface area contributed by atoms with Gasteiger partial charge in [0.25, 0.3) is 0 Å². The van der Waals surface area contributed by atoms with E-state index >= 15 is 0 Å². The molecule has 110 valence electrons. The second-order valence-corrected chi connectivity index (χ2v) is 6.08. The lowest BCUT2D eigenvalue weighted by molar-refractivity contribution is 0.0592. The van der Waals surface area contributed by atoms with Crippen molar-refractivity contribution in [2.45, 2.75) is 44.5 Å². The molecular formula is C14H21ClN4O. The Kier molecular flexibility index (Phi) is 3.73. The van der Waals surface area contributed by atoms with Crippen LogP contribution in [0.2, 0.25) is 0 Å². The maximum Gasteiger partial charge on any atom is 0.159 e. The number of nitrogens with zero attached hydrogens (tertiary/aromatic N) is 4. The van der Waals surface area contributed by atoms with Gasteiger partial charge in [-0.3, -0.25) is 4.68 Å². The van der Waals surface area contributed by atoms with E-state index < -0.39 is 0 Å². The summed E-state index contributed by atoms with van der Waals surface area (Å²) in [4.78, 5) is 4.77. The first-order valence-electron chi connectivity index (χ1n) is 7.29. The molecule has 2 aromatic heterocycles. The highest BCUT2D eigenvalue weighted by Crippen LogP contribution is 2.32. The van der Waals surface area contributed by atoms with Gasteiger partial charge in [0.1, 0.15) is 11.3 Å². The molecule has 0 bridgehead atoms. The molecule has 2 atom stereocenters. The zero-order valence-corrected chi connectivity index (χ0v) is 13.0. The predicted molar refractivity (Wildman–Crippen MR) is 79.2 cm³/mol. The van der Waals surface area contributed by atoms with Crippen molar-refractivity contribution < 1.29 is 4.74 Å². The first kappa shape index (κ1) is 13.9. The van der Waals surface area contributed by atoms with Crippen molar-refractivity contribution in [3.05, 3.63) is 11.5 Å². The normalized spacial score (nSPS) is 21.5. The van der Waals surface area contributed by atoms with E-state index in [1.165, 1.54) is 0 Å². The highest BCUT2D eigenvalue weighted by atomic mass is 35.5. The van der Waals surface area contributed by atoms with Crippen LogP contribution in [0.15, 0.2) is 0 Å². The molecule has 0 radical (unpaired) electrons. The largest absolute Gasteiger partial charge is 0.379 e. The Morgan fingerprint density at radius 3 is 2.90 bits per heavy atom. The molecule has 0 aliphatic carbocycles. The SMILES string of the molecule is CCc1nn(C)c2c1nc(C(C)Cl)n2C1CCCOC1. The molecule has 2 unspecified atom stereocenters. The van der Waals surface area contributed by atoms with E-state index in [0.29, 0.717) is 6.04 Å². The minimum Gasteiger partial charge on any atom is -0.379 e. The van der Waals surface area contributed by atoms with Crippen LogP contribution < -0.4 is 0 Å². The lowest BCUT2D eigenvalue weighted by Gasteiger charge is -2.26. The molecule has 0 saturated carbocycles. The minimum absolute atomic E-state index is 0.117. The summed E-state index contributed by atoms with van der Waals surface area (Å²) in [6.45, 7) is 5.66. The van der Waals surface area contributed by atoms with Gasteiger partial charge in [0.05, 0.1) is 23.7 Å². The fraction of sp³-hybridized carbons (Fsp3) is 0.714. The molecular weight excluding hydrogens is 276 g/mol. The van der Waals surface area contributed by atoms with E-state index in [4.69, 9.17) is 21.3 Å². The zero-order chi connectivity index (χ0) is 14.3. The van der Waals surface area contributed by atoms with Crippen LogP contribution in [0.4, 0.5) is 0 Å². The molecule has 0 aromatic carbocycles. The third-order valence-electron chi connectivity index (χ3n) is 3.96. The van der Waals surface area contributed by atoms with E-state index in [1.807, 2.05) is 18.7 Å². The van der Waals surface area contributed by atoms with Crippen molar-refractivity contribution in [1.29, 1.82) is 0 Å². The van der Waals surface area contributed by atoms with Gasteiger partial charge < -0.3 is 9.30 Å². The second-order valence-electron chi connectivity index (χ2n) is 5.42. The third kappa shape index (κ3) is 2.13. The van der Waals surface area contributed by atoms with Crippen LogP contribution in [0.1, 0.15) is 49.6 Å². The van der Waals surface area contributed by atoms with Crippen LogP contribution in [-0.2, 0) is 18.2 Å². The summed E-state index contributed by atoms with van der Waals surface area (Å²) < 4.78 is 9.82. The maximum absolute atomic E-state index is 6.35. The molecule has 5 nitrogen and oxygen atoms in total. The van der Waals surface area contributed by atoms with Crippen LogP contribution in [0.25, 0.3) is 11.2 Å². The van der Waals surface area contributed by atoms with Crippen molar-refractivity contribution in [2.24, 2.45) is 7.05 Å². The van der Waals surface area contributed by atoms with E-state index in [1.54, 1.807) is 0 Å². The van der Waals surface area contributed by atoms with Crippen LogP contribution in [0, 0.1) is 0 Å². The van der Waals surface area contributed by atoms with Crippen molar-refractivity contribution in [2.75, 3.05) is 13.2 Å². The Labute approximate surface area is 123 Å². The van der Waals surface area contributed by atoms with Gasteiger partial charge in [-0.2, -0.15) is 5.10 Å². The number of alkyl halides is 1. The topological polar surface area (TPSA) is 44.9 Å². The Bertz CT molecular complexity index is 610. The Hall–Kier alpha value is -1.07. The fourth-order valence-corrected chi connectivity index (χ4v) is 3.18. The average Bonchev–Trinajstić information content (AvgIpc) is 2.98. The minimum atomic E-state index is -0.117. The summed E-state index contributed by atoms with van der Waals surface area (Å²) in [6.07, 6.45) is 3.07. The molecule has 2 aromatic rings. The van der Waals surface area contributed by atoms with Gasteiger partial charge in [-0.05, 0) is 26.2 Å². The molecule has 0 amide bonds. The number of halogens is 1. The number of fused-ring (bicyclic) bond motifs is 1. The summed E-state index contributed by atoms with van der Waals surface area (Å²) in [7, 11) is 1.98. The Balaban J connectivity index is 2.20. The number of hydrogen-bond donors (Lipinski definition) is 0. The van der Waals surface area contributed by atoms with Crippen LogP contribution in [-0.4, -0.2) is 32.5 Å². The highest BCUT2D eigenvalue weighted by molar-refractivity contribution is 6.20. The zero-order valence-electron chi connectivity index (χ0n) is 12.3. The molecule has 1 aliphatic heterocycles. The molecule has 0 N–H and O–H groups in total. The van der Waals surface area contributed by atoms with Gasteiger partial charge in [-0.15, -0.1) is 11.6 Å². The molecule has 20 heavy (non-hydrogen) atoms. The fourth-order valence-electron chi connectivity index (χ4n) is 3.03. The molecule has 1 saturated heterocycles. The standard InChI is InChI=1S/C14H21ClN4O/c1-4-11-12-14(18(3)17-11)19(13(16-12)9(2)15)10-6-5-7-20-8-10/h9-10H,4-8H2,1-3H3. The van der Waals surface area contributed by atoms with Gasteiger partial charge in [-0.1, -0.05) is 6.92 Å². The summed E-state index contributed by atoms with van der Waals surface area (Å²) in [5.74, 6) is 0.930. The average molecular weight is 297 g/mol. The molecule has 6 heteroatoms. The van der Waals surface area contributed by atoms with Crippen molar-refractivity contribution in [3.8, 4) is 0 Å². The number of imidazole rings is 1. The summed E-state index contributed by atoms with van der Waals surface area (Å²) in [5, 5.41) is 4.46. The second kappa shape index (κ2) is 5.37.